The van der Waals surface area contributed by atoms with Crippen LogP contribution >= 0.6 is 0 Å². The molecule has 1 aliphatic heterocycles. The molecule has 1 saturated heterocycles. The second kappa shape index (κ2) is 3.97. The van der Waals surface area contributed by atoms with Crippen LogP contribution < -0.4 is 0 Å². The third-order valence-corrected chi connectivity index (χ3v) is 3.08. The van der Waals surface area contributed by atoms with E-state index in [1.165, 1.54) is 25.9 Å². The van der Waals surface area contributed by atoms with Crippen LogP contribution in [0.5, 0.6) is 0 Å². The number of likely N-dealkylation sites (N-methyl/N-ethyl adjacent to an activating group) is 1. The van der Waals surface area contributed by atoms with Crippen molar-refractivity contribution in [2.45, 2.75) is 45.2 Å². The number of nitrogens with zero attached hydrogens (tertiary/aromatic N) is 2. The van der Waals surface area contributed by atoms with Gasteiger partial charge in [-0.15, -0.1) is 0 Å². The summed E-state index contributed by atoms with van der Waals surface area (Å²) in [5, 5.41) is 0. The molecule has 0 unspecified atom stereocenters. The first-order valence-electron chi connectivity index (χ1n) is 5.33. The SMILES string of the molecule is CN(C)[C@H]1CCCN(C(C)(C)C)C1. The van der Waals surface area contributed by atoms with Gasteiger partial charge in [-0.05, 0) is 54.3 Å². The maximum atomic E-state index is 2.60. The summed E-state index contributed by atoms with van der Waals surface area (Å²) in [6.07, 6.45) is 2.71. The predicted molar refractivity (Wildman–Crippen MR) is 58.0 cm³/mol. The molecule has 0 aromatic carbocycles. The van der Waals surface area contributed by atoms with Crippen LogP contribution in [0.15, 0.2) is 0 Å². The van der Waals surface area contributed by atoms with Crippen molar-refractivity contribution in [2.24, 2.45) is 0 Å². The van der Waals surface area contributed by atoms with Crippen molar-refractivity contribution in [3.05, 3.63) is 0 Å². The molecule has 78 valence electrons. The van der Waals surface area contributed by atoms with E-state index in [0.29, 0.717) is 5.54 Å². The average Bonchev–Trinajstić information content (AvgIpc) is 2.03. The highest BCUT2D eigenvalue weighted by atomic mass is 15.2. The Labute approximate surface area is 82.9 Å². The smallest absolute Gasteiger partial charge is 0.0217 e. The minimum absolute atomic E-state index is 0.342. The topological polar surface area (TPSA) is 6.48 Å². The van der Waals surface area contributed by atoms with Crippen LogP contribution in [0, 0.1) is 0 Å². The molecule has 0 amide bonds. The largest absolute Gasteiger partial charge is 0.305 e. The number of hydrogen-bond acceptors (Lipinski definition) is 2. The normalized spacial score (nSPS) is 26.8. The van der Waals surface area contributed by atoms with Gasteiger partial charge in [0.15, 0.2) is 0 Å². The van der Waals surface area contributed by atoms with Crippen molar-refractivity contribution < 1.29 is 0 Å². The Balaban J connectivity index is 2.52. The Kier molecular flexibility index (Phi) is 3.36. The quantitative estimate of drug-likeness (QED) is 0.613. The summed E-state index contributed by atoms with van der Waals surface area (Å²) in [6, 6.07) is 0.757. The van der Waals surface area contributed by atoms with Crippen LogP contribution in [-0.4, -0.2) is 48.6 Å². The van der Waals surface area contributed by atoms with Gasteiger partial charge in [-0.25, -0.2) is 0 Å². The highest BCUT2D eigenvalue weighted by Gasteiger charge is 2.28. The summed E-state index contributed by atoms with van der Waals surface area (Å²) >= 11 is 0. The molecule has 2 heteroatoms. The summed E-state index contributed by atoms with van der Waals surface area (Å²) in [4.78, 5) is 4.96. The number of likely N-dealkylation sites (tertiary alicyclic amines) is 1. The van der Waals surface area contributed by atoms with E-state index in [1.807, 2.05) is 0 Å². The fourth-order valence-electron chi connectivity index (χ4n) is 1.99. The van der Waals surface area contributed by atoms with E-state index in [-0.39, 0.29) is 0 Å². The molecule has 2 nitrogen and oxygen atoms in total. The third kappa shape index (κ3) is 2.96. The molecule has 0 radical (unpaired) electrons. The van der Waals surface area contributed by atoms with Gasteiger partial charge in [0.25, 0.3) is 0 Å². The molecule has 0 N–H and O–H groups in total. The Morgan fingerprint density at radius 1 is 1.23 bits per heavy atom. The molecular formula is C11H24N2. The van der Waals surface area contributed by atoms with Crippen LogP contribution in [0.1, 0.15) is 33.6 Å². The zero-order valence-corrected chi connectivity index (χ0v) is 9.80. The second-order valence-electron chi connectivity index (χ2n) is 5.38. The van der Waals surface area contributed by atoms with Crippen molar-refractivity contribution >= 4 is 0 Å². The maximum Gasteiger partial charge on any atom is 0.0217 e. The summed E-state index contributed by atoms with van der Waals surface area (Å²) in [6.45, 7) is 9.44. The lowest BCUT2D eigenvalue weighted by Crippen LogP contribution is -2.52. The molecule has 0 bridgehead atoms. The van der Waals surface area contributed by atoms with Crippen LogP contribution in [-0.2, 0) is 0 Å². The van der Waals surface area contributed by atoms with Gasteiger partial charge < -0.3 is 4.90 Å². The predicted octanol–water partition coefficient (Wildman–Crippen LogP) is 1.81. The summed E-state index contributed by atoms with van der Waals surface area (Å²) in [5.41, 5.74) is 0.342. The molecular weight excluding hydrogens is 160 g/mol. The van der Waals surface area contributed by atoms with E-state index in [9.17, 15) is 0 Å². The van der Waals surface area contributed by atoms with Crippen LogP contribution in [0.4, 0.5) is 0 Å². The highest BCUT2D eigenvalue weighted by Crippen LogP contribution is 2.21. The minimum Gasteiger partial charge on any atom is -0.305 e. The van der Waals surface area contributed by atoms with Gasteiger partial charge in [0, 0.05) is 18.1 Å². The first-order chi connectivity index (χ1) is 5.91. The standard InChI is InChI=1S/C11H24N2/c1-11(2,3)13-8-6-7-10(9-13)12(4)5/h10H,6-9H2,1-5H3/t10-/m0/s1. The van der Waals surface area contributed by atoms with E-state index in [1.54, 1.807) is 0 Å². The Morgan fingerprint density at radius 3 is 2.31 bits per heavy atom. The van der Waals surface area contributed by atoms with Gasteiger partial charge in [0.05, 0.1) is 0 Å². The van der Waals surface area contributed by atoms with E-state index in [0.717, 1.165) is 6.04 Å². The molecule has 1 atom stereocenters. The first-order valence-corrected chi connectivity index (χ1v) is 5.33. The van der Waals surface area contributed by atoms with Gasteiger partial charge in [-0.2, -0.15) is 0 Å². The third-order valence-electron chi connectivity index (χ3n) is 3.08. The second-order valence-corrected chi connectivity index (χ2v) is 5.38. The molecule has 0 aromatic heterocycles. The zero-order valence-electron chi connectivity index (χ0n) is 9.80. The van der Waals surface area contributed by atoms with E-state index >= 15 is 0 Å². The Bertz CT molecular complexity index is 158. The van der Waals surface area contributed by atoms with Gasteiger partial charge in [-0.3, -0.25) is 4.90 Å². The average molecular weight is 184 g/mol. The molecule has 0 spiro atoms. The lowest BCUT2D eigenvalue weighted by atomic mass is 9.98. The molecule has 1 rings (SSSR count). The molecule has 1 aliphatic rings. The fraction of sp³-hybridized carbons (Fsp3) is 1.00. The molecule has 1 heterocycles. The number of hydrogen-bond donors (Lipinski definition) is 0. The molecule has 0 saturated carbocycles. The van der Waals surface area contributed by atoms with Crippen LogP contribution in [0.3, 0.4) is 0 Å². The molecule has 0 aliphatic carbocycles. The van der Waals surface area contributed by atoms with E-state index < -0.39 is 0 Å². The summed E-state index contributed by atoms with van der Waals surface area (Å²) < 4.78 is 0. The van der Waals surface area contributed by atoms with Crippen LogP contribution in [0.25, 0.3) is 0 Å². The minimum atomic E-state index is 0.342. The zero-order chi connectivity index (χ0) is 10.1. The monoisotopic (exact) mass is 184 g/mol. The highest BCUT2D eigenvalue weighted by molar-refractivity contribution is 4.85. The summed E-state index contributed by atoms with van der Waals surface area (Å²) in [7, 11) is 4.38. The van der Waals surface area contributed by atoms with Crippen molar-refractivity contribution in [1.82, 2.24) is 9.80 Å². The molecule has 0 aromatic rings. The number of piperidine rings is 1. The van der Waals surface area contributed by atoms with Gasteiger partial charge in [0.1, 0.15) is 0 Å². The molecule has 13 heavy (non-hydrogen) atoms. The van der Waals surface area contributed by atoms with Gasteiger partial charge in [0.2, 0.25) is 0 Å². The lowest BCUT2D eigenvalue weighted by molar-refractivity contribution is 0.0616. The number of rotatable bonds is 1. The fourth-order valence-corrected chi connectivity index (χ4v) is 1.99. The van der Waals surface area contributed by atoms with Crippen molar-refractivity contribution in [1.29, 1.82) is 0 Å². The van der Waals surface area contributed by atoms with E-state index in [4.69, 9.17) is 0 Å². The van der Waals surface area contributed by atoms with Gasteiger partial charge >= 0.3 is 0 Å². The van der Waals surface area contributed by atoms with Crippen molar-refractivity contribution in [3.63, 3.8) is 0 Å². The Morgan fingerprint density at radius 2 is 1.85 bits per heavy atom. The van der Waals surface area contributed by atoms with Crippen molar-refractivity contribution in [3.8, 4) is 0 Å². The maximum absolute atomic E-state index is 2.60. The first kappa shape index (κ1) is 11.0. The van der Waals surface area contributed by atoms with Crippen LogP contribution in [0.2, 0.25) is 0 Å². The van der Waals surface area contributed by atoms with Gasteiger partial charge in [-0.1, -0.05) is 0 Å². The van der Waals surface area contributed by atoms with Crippen molar-refractivity contribution in [2.75, 3.05) is 27.2 Å². The summed E-state index contributed by atoms with van der Waals surface area (Å²) in [5.74, 6) is 0. The Hall–Kier alpha value is -0.0800. The molecule has 1 fully saturated rings. The van der Waals surface area contributed by atoms with E-state index in [2.05, 4.69) is 44.7 Å². The lowest BCUT2D eigenvalue weighted by Gasteiger charge is -2.43.